The van der Waals surface area contributed by atoms with Gasteiger partial charge in [0.05, 0.1) is 16.7 Å². The van der Waals surface area contributed by atoms with Gasteiger partial charge < -0.3 is 5.11 Å². The molecule has 1 N–H and O–H groups in total. The minimum absolute atomic E-state index is 0.0514. The lowest BCUT2D eigenvalue weighted by atomic mass is 10.2. The van der Waals surface area contributed by atoms with Gasteiger partial charge in [-0.15, -0.1) is 0 Å². The molecule has 0 heterocycles. The summed E-state index contributed by atoms with van der Waals surface area (Å²) in [4.78, 5) is 1.90. The number of aliphatic hydroxyl groups is 1. The van der Waals surface area contributed by atoms with Crippen molar-refractivity contribution < 1.29 is 5.11 Å². The highest BCUT2D eigenvalue weighted by atomic mass is 35.5. The van der Waals surface area contributed by atoms with E-state index in [1.807, 2.05) is 12.1 Å². The number of hydrogen-bond donors (Lipinski definition) is 1. The molecule has 0 aliphatic rings. The second kappa shape index (κ2) is 6.18. The molecule has 0 aliphatic heterocycles. The van der Waals surface area contributed by atoms with Crippen LogP contribution in [-0.2, 0) is 6.61 Å². The summed E-state index contributed by atoms with van der Waals surface area (Å²) in [6.07, 6.45) is 0. The molecule has 0 saturated heterocycles. The van der Waals surface area contributed by atoms with Gasteiger partial charge in [-0.1, -0.05) is 46.6 Å². The Morgan fingerprint density at radius 3 is 2.39 bits per heavy atom. The van der Waals surface area contributed by atoms with Gasteiger partial charge in [-0.2, -0.15) is 0 Å². The molecule has 0 bridgehead atoms. The topological polar surface area (TPSA) is 20.2 Å². The second-order valence-corrected chi connectivity index (χ2v) is 5.95. The Bertz CT molecular complexity index is 572. The van der Waals surface area contributed by atoms with Gasteiger partial charge >= 0.3 is 0 Å². The molecule has 0 atom stereocenters. The third-order valence-corrected chi connectivity index (χ3v) is 4.39. The lowest BCUT2D eigenvalue weighted by molar-refractivity contribution is 0.279. The van der Waals surface area contributed by atoms with E-state index in [4.69, 9.17) is 34.8 Å². The maximum absolute atomic E-state index is 9.30. The predicted octanol–water partition coefficient (Wildman–Crippen LogP) is 5.29. The Balaban J connectivity index is 2.30. The molecule has 2 rings (SSSR count). The summed E-state index contributed by atoms with van der Waals surface area (Å²) in [5, 5.41) is 11.0. The molecule has 0 radical (unpaired) electrons. The summed E-state index contributed by atoms with van der Waals surface area (Å²) in [6, 6.07) is 10.8. The summed E-state index contributed by atoms with van der Waals surface area (Å²) < 4.78 is 0. The molecule has 0 amide bonds. The molecule has 18 heavy (non-hydrogen) atoms. The monoisotopic (exact) mass is 318 g/mol. The minimum atomic E-state index is -0.0514. The number of aliphatic hydroxyl groups excluding tert-OH is 1. The van der Waals surface area contributed by atoms with Crippen LogP contribution in [0.2, 0.25) is 15.1 Å². The van der Waals surface area contributed by atoms with Crippen molar-refractivity contribution in [3.63, 3.8) is 0 Å². The quantitative estimate of drug-likeness (QED) is 0.829. The highest BCUT2D eigenvalue weighted by Gasteiger charge is 2.06. The average molecular weight is 320 g/mol. The zero-order valence-electron chi connectivity index (χ0n) is 9.16. The van der Waals surface area contributed by atoms with Gasteiger partial charge in [0.15, 0.2) is 0 Å². The van der Waals surface area contributed by atoms with Crippen molar-refractivity contribution in [3.05, 3.63) is 57.0 Å². The Hall–Kier alpha value is -0.380. The summed E-state index contributed by atoms with van der Waals surface area (Å²) >= 11 is 19.2. The second-order valence-electron chi connectivity index (χ2n) is 3.59. The third kappa shape index (κ3) is 3.34. The minimum Gasteiger partial charge on any atom is -0.392 e. The summed E-state index contributed by atoms with van der Waals surface area (Å²) in [7, 11) is 0. The SMILES string of the molecule is OCc1cc(Cl)ccc1Sc1ccc(Cl)c(Cl)c1. The molecule has 5 heteroatoms. The molecule has 2 aromatic carbocycles. The fourth-order valence-electron chi connectivity index (χ4n) is 1.44. The Morgan fingerprint density at radius 2 is 1.72 bits per heavy atom. The number of rotatable bonds is 3. The van der Waals surface area contributed by atoms with Gasteiger partial charge in [0.25, 0.3) is 0 Å². The van der Waals surface area contributed by atoms with Crippen molar-refractivity contribution in [2.75, 3.05) is 0 Å². The largest absolute Gasteiger partial charge is 0.392 e. The van der Waals surface area contributed by atoms with E-state index in [0.717, 1.165) is 15.4 Å². The van der Waals surface area contributed by atoms with Gasteiger partial charge in [0, 0.05) is 14.8 Å². The van der Waals surface area contributed by atoms with Crippen molar-refractivity contribution in [3.8, 4) is 0 Å². The van der Waals surface area contributed by atoms with Gasteiger partial charge in [0.1, 0.15) is 0 Å². The van der Waals surface area contributed by atoms with Crippen LogP contribution in [0.3, 0.4) is 0 Å². The molecular formula is C13H9Cl3OS. The maximum Gasteiger partial charge on any atom is 0.0693 e. The van der Waals surface area contributed by atoms with Crippen LogP contribution < -0.4 is 0 Å². The van der Waals surface area contributed by atoms with E-state index in [1.54, 1.807) is 24.3 Å². The van der Waals surface area contributed by atoms with Gasteiger partial charge in [0.2, 0.25) is 0 Å². The first-order valence-corrected chi connectivity index (χ1v) is 7.07. The Kier molecular flexibility index (Phi) is 4.82. The lowest BCUT2D eigenvalue weighted by Crippen LogP contribution is -1.87. The van der Waals surface area contributed by atoms with Gasteiger partial charge in [-0.05, 0) is 42.0 Å². The molecule has 0 aliphatic carbocycles. The number of halogens is 3. The van der Waals surface area contributed by atoms with E-state index in [0.29, 0.717) is 15.1 Å². The predicted molar refractivity (Wildman–Crippen MR) is 78.0 cm³/mol. The standard InChI is InChI=1S/C13H9Cl3OS/c14-9-1-4-13(8(5-9)7-17)18-10-2-3-11(15)12(16)6-10/h1-6,17H,7H2. The third-order valence-electron chi connectivity index (χ3n) is 2.31. The van der Waals surface area contributed by atoms with Crippen LogP contribution in [0.4, 0.5) is 0 Å². The fourth-order valence-corrected chi connectivity index (χ4v) is 2.95. The van der Waals surface area contributed by atoms with Crippen molar-refractivity contribution >= 4 is 46.6 Å². The summed E-state index contributed by atoms with van der Waals surface area (Å²) in [5.41, 5.74) is 0.790. The Morgan fingerprint density at radius 1 is 0.944 bits per heavy atom. The Labute approximate surface area is 125 Å². The van der Waals surface area contributed by atoms with E-state index >= 15 is 0 Å². The van der Waals surface area contributed by atoms with Crippen LogP contribution in [0.15, 0.2) is 46.2 Å². The average Bonchev–Trinajstić information content (AvgIpc) is 2.36. The highest BCUT2D eigenvalue weighted by Crippen LogP contribution is 2.35. The molecule has 0 aromatic heterocycles. The lowest BCUT2D eigenvalue weighted by Gasteiger charge is -2.08. The van der Waals surface area contributed by atoms with Crippen LogP contribution in [-0.4, -0.2) is 5.11 Å². The van der Waals surface area contributed by atoms with E-state index in [-0.39, 0.29) is 6.61 Å². The van der Waals surface area contributed by atoms with Crippen LogP contribution in [0.5, 0.6) is 0 Å². The van der Waals surface area contributed by atoms with Crippen LogP contribution in [0.25, 0.3) is 0 Å². The van der Waals surface area contributed by atoms with Crippen molar-refractivity contribution in [1.29, 1.82) is 0 Å². The molecule has 94 valence electrons. The zero-order chi connectivity index (χ0) is 13.1. The number of hydrogen-bond acceptors (Lipinski definition) is 2. The molecule has 0 unspecified atom stereocenters. The highest BCUT2D eigenvalue weighted by molar-refractivity contribution is 7.99. The van der Waals surface area contributed by atoms with Crippen molar-refractivity contribution in [1.82, 2.24) is 0 Å². The van der Waals surface area contributed by atoms with Crippen molar-refractivity contribution in [2.45, 2.75) is 16.4 Å². The fraction of sp³-hybridized carbons (Fsp3) is 0.0769. The molecule has 0 fully saturated rings. The van der Waals surface area contributed by atoms with E-state index in [2.05, 4.69) is 0 Å². The first-order chi connectivity index (χ1) is 8.60. The molecule has 2 aromatic rings. The molecule has 0 spiro atoms. The van der Waals surface area contributed by atoms with Crippen LogP contribution in [0.1, 0.15) is 5.56 Å². The van der Waals surface area contributed by atoms with Crippen molar-refractivity contribution in [2.24, 2.45) is 0 Å². The zero-order valence-corrected chi connectivity index (χ0v) is 12.2. The van der Waals surface area contributed by atoms with E-state index < -0.39 is 0 Å². The maximum atomic E-state index is 9.30. The molecule has 0 saturated carbocycles. The van der Waals surface area contributed by atoms with Crippen LogP contribution in [0, 0.1) is 0 Å². The number of benzene rings is 2. The summed E-state index contributed by atoms with van der Waals surface area (Å²) in [6.45, 7) is -0.0514. The molecular weight excluding hydrogens is 311 g/mol. The smallest absolute Gasteiger partial charge is 0.0693 e. The van der Waals surface area contributed by atoms with Crippen LogP contribution >= 0.6 is 46.6 Å². The van der Waals surface area contributed by atoms with E-state index in [1.165, 1.54) is 11.8 Å². The first kappa shape index (κ1) is 14.0. The summed E-state index contributed by atoms with van der Waals surface area (Å²) in [5.74, 6) is 0. The van der Waals surface area contributed by atoms with E-state index in [9.17, 15) is 5.11 Å². The van der Waals surface area contributed by atoms with Gasteiger partial charge in [-0.3, -0.25) is 0 Å². The normalized spacial score (nSPS) is 10.7. The molecule has 1 nitrogen and oxygen atoms in total. The van der Waals surface area contributed by atoms with Gasteiger partial charge in [-0.25, -0.2) is 0 Å². The first-order valence-electron chi connectivity index (χ1n) is 5.12.